The second kappa shape index (κ2) is 20.4. The predicted octanol–water partition coefficient (Wildman–Crippen LogP) is 3.51. The number of aliphatic hydroxyl groups excluding tert-OH is 6. The number of piperidine rings is 1. The van der Waals surface area contributed by atoms with Crippen LogP contribution in [-0.2, 0) is 28.9 Å². The van der Waals surface area contributed by atoms with Crippen LogP contribution in [0.5, 0.6) is 0 Å². The van der Waals surface area contributed by atoms with Gasteiger partial charge in [-0.1, -0.05) is 58.3 Å². The van der Waals surface area contributed by atoms with Gasteiger partial charge in [0.25, 0.3) is 0 Å². The van der Waals surface area contributed by atoms with Crippen LogP contribution in [-0.4, -0.2) is 123 Å². The first kappa shape index (κ1) is 46.6. The van der Waals surface area contributed by atoms with Crippen LogP contribution in [0.2, 0.25) is 0 Å². The molecule has 4 aliphatic heterocycles. The number of hydrogen-bond acceptors (Lipinski definition) is 13. The van der Waals surface area contributed by atoms with Crippen molar-refractivity contribution in [2.75, 3.05) is 6.54 Å². The van der Waals surface area contributed by atoms with Crippen LogP contribution in [0.3, 0.4) is 0 Å². The molecule has 14 nitrogen and oxygen atoms in total. The molecule has 8 N–H and O–H groups in total. The van der Waals surface area contributed by atoms with Gasteiger partial charge in [0.2, 0.25) is 0 Å². The minimum absolute atomic E-state index is 0.00759. The Morgan fingerprint density at radius 2 is 1.56 bits per heavy atom. The molecular weight excluding hydrogens is 759 g/mol. The van der Waals surface area contributed by atoms with E-state index in [4.69, 9.17) is 13.7 Å². The monoisotopic (exact) mass is 829 g/mol. The molecule has 5 bridgehead atoms. The second-order valence-corrected chi connectivity index (χ2v) is 19.5. The van der Waals surface area contributed by atoms with Crippen molar-refractivity contribution in [3.63, 3.8) is 0 Å². The second-order valence-electron chi connectivity index (χ2n) is 18.4. The van der Waals surface area contributed by atoms with Gasteiger partial charge >= 0.3 is 16.4 Å². The molecule has 0 aromatic heterocycles. The lowest BCUT2D eigenvalue weighted by atomic mass is 9.53. The first-order valence-electron chi connectivity index (χ1n) is 21.6. The van der Waals surface area contributed by atoms with Crippen molar-refractivity contribution in [3.8, 4) is 0 Å². The van der Waals surface area contributed by atoms with E-state index in [9.17, 15) is 48.4 Å². The number of esters is 1. The summed E-state index contributed by atoms with van der Waals surface area (Å²) in [5, 5.41) is 71.1. The van der Waals surface area contributed by atoms with Crippen LogP contribution < -0.4 is 5.32 Å². The molecule has 4 heterocycles. The quantitative estimate of drug-likeness (QED) is 0.113. The number of hydrogen-bond donors (Lipinski definition) is 8. The molecule has 17 unspecified atom stereocenters. The molecule has 328 valence electrons. The number of carbonyl (C=O) groups is 1. The van der Waals surface area contributed by atoms with Crippen LogP contribution in [0.4, 0.5) is 0 Å². The topological polar surface area (TPSA) is 233 Å². The van der Waals surface area contributed by atoms with Gasteiger partial charge in [-0.2, -0.15) is 8.42 Å². The summed E-state index contributed by atoms with van der Waals surface area (Å²) in [5.41, 5.74) is 1.16. The SMILES string of the molecule is CC1CCCC2NCCC(C)C23CCC2=CC3CCC=CC(OC(=O)CC(O)CC(O)C2)C(O)C(C)CC2OC(C(C)CC(O)CC1)C(O)C(O)C2OS(=O)(=O)O. The Balaban J connectivity index is 1.51. The van der Waals surface area contributed by atoms with Gasteiger partial charge in [-0.05, 0) is 118 Å². The molecule has 15 heteroatoms. The molecule has 17 atom stereocenters. The third kappa shape index (κ3) is 12.1. The van der Waals surface area contributed by atoms with Gasteiger partial charge in [0.15, 0.2) is 0 Å². The van der Waals surface area contributed by atoms with E-state index in [2.05, 4.69) is 25.2 Å². The Labute approximate surface area is 339 Å². The average molecular weight is 830 g/mol. The molecule has 0 saturated carbocycles. The lowest BCUT2D eigenvalue weighted by Crippen LogP contribution is -2.61. The molecule has 1 aliphatic carbocycles. The van der Waals surface area contributed by atoms with Gasteiger partial charge in [-0.15, -0.1) is 0 Å². The normalized spacial score (nSPS) is 45.4. The molecule has 2 fully saturated rings. The predicted molar refractivity (Wildman–Crippen MR) is 212 cm³/mol. The zero-order valence-corrected chi connectivity index (χ0v) is 35.1. The van der Waals surface area contributed by atoms with Crippen LogP contribution in [0, 0.1) is 35.0 Å². The maximum absolute atomic E-state index is 13.2. The molecule has 1 spiro atoms. The van der Waals surface area contributed by atoms with Crippen molar-refractivity contribution in [1.82, 2.24) is 5.32 Å². The largest absolute Gasteiger partial charge is 0.455 e. The zero-order valence-electron chi connectivity index (χ0n) is 34.3. The summed E-state index contributed by atoms with van der Waals surface area (Å²) >= 11 is 0. The number of nitrogens with one attached hydrogen (secondary N) is 1. The molecule has 5 rings (SSSR count). The zero-order chi connectivity index (χ0) is 41.7. The third-order valence-electron chi connectivity index (χ3n) is 14.1. The maximum Gasteiger partial charge on any atom is 0.397 e. The minimum Gasteiger partial charge on any atom is -0.455 e. The highest BCUT2D eigenvalue weighted by Gasteiger charge is 2.52. The summed E-state index contributed by atoms with van der Waals surface area (Å²) in [6.07, 6.45) is 1.97. The van der Waals surface area contributed by atoms with Gasteiger partial charge in [-0.25, -0.2) is 4.18 Å². The highest BCUT2D eigenvalue weighted by Crippen LogP contribution is 2.54. The smallest absolute Gasteiger partial charge is 0.397 e. The number of ether oxygens (including phenoxy) is 2. The molecule has 0 aromatic rings. The number of rotatable bonds is 2. The van der Waals surface area contributed by atoms with Crippen molar-refractivity contribution < 1.29 is 62.1 Å². The number of carbonyl (C=O) groups excluding carboxylic acids is 1. The van der Waals surface area contributed by atoms with Crippen molar-refractivity contribution in [3.05, 3.63) is 23.8 Å². The fraction of sp³-hybridized carbons (Fsp3) is 0.881. The first-order valence-corrected chi connectivity index (χ1v) is 22.9. The fourth-order valence-electron chi connectivity index (χ4n) is 10.9. The van der Waals surface area contributed by atoms with Gasteiger partial charge < -0.3 is 45.4 Å². The number of fused-ring (bicyclic) bond motifs is 5. The van der Waals surface area contributed by atoms with E-state index in [1.165, 1.54) is 5.57 Å². The summed E-state index contributed by atoms with van der Waals surface area (Å²) in [7, 11) is -5.11. The van der Waals surface area contributed by atoms with E-state index in [0.29, 0.717) is 37.1 Å². The molecule has 5 aliphatic rings. The Morgan fingerprint density at radius 3 is 2.30 bits per heavy atom. The summed E-state index contributed by atoms with van der Waals surface area (Å²) in [6, 6.07) is 0.299. The number of aliphatic hydroxyl groups is 6. The van der Waals surface area contributed by atoms with Crippen molar-refractivity contribution >= 4 is 16.4 Å². The maximum atomic E-state index is 13.2. The van der Waals surface area contributed by atoms with Crippen LogP contribution in [0.25, 0.3) is 0 Å². The Kier molecular flexibility index (Phi) is 16.6. The Morgan fingerprint density at radius 1 is 0.825 bits per heavy atom. The van der Waals surface area contributed by atoms with E-state index >= 15 is 0 Å². The third-order valence-corrected chi connectivity index (χ3v) is 14.6. The van der Waals surface area contributed by atoms with E-state index in [1.54, 1.807) is 19.9 Å². The molecule has 2 saturated heterocycles. The standard InChI is InChI=1S/C42H71NO13S/c1-24-8-7-11-35-42(27(4)15-17-43-35)16-14-28-20-29(42)9-5-6-10-33(54-36(47)23-32(46)22-31(45)21-28)37(48)25(2)19-34-41(56-57(51,52)53)39(50)38(49)40(55-34)26(3)18-30(44)13-12-24/h6,10,20,24-27,29-35,37-41,43-46,48-50H,5,7-9,11-19,21-23H2,1-4H3,(H,51,52,53). The lowest BCUT2D eigenvalue weighted by molar-refractivity contribution is -0.234. The number of allylic oxidation sites excluding steroid dienone is 2. The van der Waals surface area contributed by atoms with Gasteiger partial charge in [0, 0.05) is 12.5 Å². The van der Waals surface area contributed by atoms with Gasteiger partial charge in [-0.3, -0.25) is 9.35 Å². The van der Waals surface area contributed by atoms with Crippen LogP contribution >= 0.6 is 0 Å². The highest BCUT2D eigenvalue weighted by atomic mass is 32.3. The Hall–Kier alpha value is -1.50. The summed E-state index contributed by atoms with van der Waals surface area (Å²) in [6.45, 7) is 8.94. The van der Waals surface area contributed by atoms with Crippen LogP contribution in [0.1, 0.15) is 124 Å². The lowest BCUT2D eigenvalue weighted by Gasteiger charge is -2.55. The molecule has 0 amide bonds. The minimum atomic E-state index is -5.11. The van der Waals surface area contributed by atoms with E-state index in [1.807, 2.05) is 6.08 Å². The van der Waals surface area contributed by atoms with Crippen molar-refractivity contribution in [1.29, 1.82) is 0 Å². The average Bonchev–Trinajstić information content (AvgIpc) is 3.12. The van der Waals surface area contributed by atoms with Crippen LogP contribution in [0.15, 0.2) is 23.8 Å². The molecule has 0 aromatic carbocycles. The van der Waals surface area contributed by atoms with Gasteiger partial charge in [0.1, 0.15) is 24.4 Å². The summed E-state index contributed by atoms with van der Waals surface area (Å²) in [5.74, 6) is -1.03. The molecule has 0 radical (unpaired) electrons. The van der Waals surface area contributed by atoms with E-state index in [0.717, 1.165) is 57.9 Å². The molecule has 57 heavy (non-hydrogen) atoms. The van der Waals surface area contributed by atoms with E-state index in [-0.39, 0.29) is 30.6 Å². The Bertz CT molecular complexity index is 1480. The van der Waals surface area contributed by atoms with Crippen molar-refractivity contribution in [2.45, 2.75) is 191 Å². The van der Waals surface area contributed by atoms with E-state index < -0.39 is 95.7 Å². The summed E-state index contributed by atoms with van der Waals surface area (Å²) < 4.78 is 50.3. The van der Waals surface area contributed by atoms with Gasteiger partial charge in [0.05, 0.1) is 43.0 Å². The van der Waals surface area contributed by atoms with Crippen molar-refractivity contribution in [2.24, 2.45) is 35.0 Å². The fourth-order valence-corrected chi connectivity index (χ4v) is 11.4. The highest BCUT2D eigenvalue weighted by molar-refractivity contribution is 7.80. The summed E-state index contributed by atoms with van der Waals surface area (Å²) in [4.78, 5) is 13.2. The first-order chi connectivity index (χ1) is 26.9. The molecular formula is C42H71NO13S.